The maximum atomic E-state index is 11.9. The van der Waals surface area contributed by atoms with Gasteiger partial charge in [0, 0.05) is 18.2 Å². The monoisotopic (exact) mass is 370 g/mol. The van der Waals surface area contributed by atoms with Gasteiger partial charge in [0.25, 0.3) is 11.6 Å². The van der Waals surface area contributed by atoms with Crippen molar-refractivity contribution in [2.45, 2.75) is 6.92 Å². The molecule has 0 fully saturated rings. The number of amides is 1. The molecule has 0 aliphatic heterocycles. The van der Waals surface area contributed by atoms with Gasteiger partial charge in [-0.2, -0.15) is 0 Å². The van der Waals surface area contributed by atoms with Crippen molar-refractivity contribution < 1.29 is 24.0 Å². The zero-order valence-corrected chi connectivity index (χ0v) is 14.8. The van der Waals surface area contributed by atoms with Gasteiger partial charge >= 0.3 is 5.97 Å². The second-order valence-electron chi connectivity index (χ2n) is 5.52. The van der Waals surface area contributed by atoms with Crippen LogP contribution in [0.15, 0.2) is 48.5 Å². The summed E-state index contributed by atoms with van der Waals surface area (Å²) in [6, 6.07) is 11.1. The van der Waals surface area contributed by atoms with Crippen LogP contribution < -0.4 is 10.1 Å². The molecular weight excluding hydrogens is 352 g/mol. The number of nitro groups is 1. The SMILES string of the molecule is COc1ccc(/C=C/C(=O)OCC(=O)Nc2cc([N+](=O)[O-])ccc2C)cc1. The highest BCUT2D eigenvalue weighted by Gasteiger charge is 2.12. The molecular formula is C19H18N2O6. The summed E-state index contributed by atoms with van der Waals surface area (Å²) in [4.78, 5) is 33.8. The van der Waals surface area contributed by atoms with E-state index in [4.69, 9.17) is 9.47 Å². The fourth-order valence-corrected chi connectivity index (χ4v) is 2.11. The lowest BCUT2D eigenvalue weighted by molar-refractivity contribution is -0.384. The molecule has 0 atom stereocenters. The summed E-state index contributed by atoms with van der Waals surface area (Å²) in [6.45, 7) is 1.19. The number of rotatable bonds is 7. The Labute approximate surface area is 155 Å². The van der Waals surface area contributed by atoms with Gasteiger partial charge in [-0.1, -0.05) is 18.2 Å². The topological polar surface area (TPSA) is 108 Å². The molecule has 8 nitrogen and oxygen atoms in total. The second kappa shape index (κ2) is 9.14. The first kappa shape index (κ1) is 19.6. The number of methoxy groups -OCH3 is 1. The van der Waals surface area contributed by atoms with Crippen LogP contribution in [0.1, 0.15) is 11.1 Å². The Kier molecular flexibility index (Phi) is 6.65. The number of non-ortho nitro benzene ring substituents is 1. The molecule has 0 aliphatic carbocycles. The van der Waals surface area contributed by atoms with Crippen molar-refractivity contribution in [2.75, 3.05) is 19.0 Å². The lowest BCUT2D eigenvalue weighted by atomic mass is 10.2. The number of nitro benzene ring substituents is 1. The second-order valence-corrected chi connectivity index (χ2v) is 5.52. The molecule has 1 N–H and O–H groups in total. The molecule has 0 heterocycles. The number of carbonyl (C=O) groups excluding carboxylic acids is 2. The molecule has 0 bridgehead atoms. The average molecular weight is 370 g/mol. The quantitative estimate of drug-likeness (QED) is 0.347. The van der Waals surface area contributed by atoms with E-state index in [0.717, 1.165) is 5.56 Å². The van der Waals surface area contributed by atoms with E-state index in [2.05, 4.69) is 5.32 Å². The first-order chi connectivity index (χ1) is 12.9. The van der Waals surface area contributed by atoms with Crippen molar-refractivity contribution in [1.29, 1.82) is 0 Å². The Morgan fingerprint density at radius 3 is 2.52 bits per heavy atom. The minimum absolute atomic E-state index is 0.143. The molecule has 2 aromatic carbocycles. The minimum Gasteiger partial charge on any atom is -0.497 e. The number of nitrogens with one attached hydrogen (secondary N) is 1. The van der Waals surface area contributed by atoms with Crippen LogP contribution in [0.4, 0.5) is 11.4 Å². The van der Waals surface area contributed by atoms with Gasteiger partial charge in [0.05, 0.1) is 17.7 Å². The zero-order valence-electron chi connectivity index (χ0n) is 14.8. The van der Waals surface area contributed by atoms with E-state index in [-0.39, 0.29) is 5.69 Å². The van der Waals surface area contributed by atoms with Gasteiger partial charge in [0.15, 0.2) is 6.61 Å². The molecule has 0 aliphatic rings. The Morgan fingerprint density at radius 2 is 1.89 bits per heavy atom. The third kappa shape index (κ3) is 5.96. The van der Waals surface area contributed by atoms with Gasteiger partial charge in [0.2, 0.25) is 0 Å². The van der Waals surface area contributed by atoms with Crippen LogP contribution in [0.3, 0.4) is 0 Å². The first-order valence-corrected chi connectivity index (χ1v) is 7.93. The molecule has 0 saturated carbocycles. The van der Waals surface area contributed by atoms with Crippen molar-refractivity contribution in [3.8, 4) is 5.75 Å². The van der Waals surface area contributed by atoms with Gasteiger partial charge < -0.3 is 14.8 Å². The number of carbonyl (C=O) groups is 2. The predicted octanol–water partition coefficient (Wildman–Crippen LogP) is 3.11. The molecule has 0 unspecified atom stereocenters. The standard InChI is InChI=1S/C19H18N2O6/c1-13-3-7-15(21(24)25)11-17(13)20-18(22)12-27-19(23)10-6-14-4-8-16(26-2)9-5-14/h3-11H,12H2,1-2H3,(H,20,22)/b10-6+. The van der Waals surface area contributed by atoms with Crippen molar-refractivity contribution in [3.63, 3.8) is 0 Å². The Morgan fingerprint density at radius 1 is 1.19 bits per heavy atom. The van der Waals surface area contributed by atoms with E-state index >= 15 is 0 Å². The van der Waals surface area contributed by atoms with E-state index in [9.17, 15) is 19.7 Å². The third-order valence-electron chi connectivity index (χ3n) is 3.58. The van der Waals surface area contributed by atoms with Crippen LogP contribution in [-0.2, 0) is 14.3 Å². The van der Waals surface area contributed by atoms with E-state index < -0.39 is 23.4 Å². The number of ether oxygens (including phenoxy) is 2. The van der Waals surface area contributed by atoms with Crippen LogP contribution >= 0.6 is 0 Å². The summed E-state index contributed by atoms with van der Waals surface area (Å²) in [5, 5.41) is 13.3. The summed E-state index contributed by atoms with van der Waals surface area (Å²) < 4.78 is 9.90. The Bertz CT molecular complexity index is 874. The van der Waals surface area contributed by atoms with Crippen molar-refractivity contribution in [1.82, 2.24) is 0 Å². The smallest absolute Gasteiger partial charge is 0.331 e. The van der Waals surface area contributed by atoms with Crippen molar-refractivity contribution >= 4 is 29.3 Å². The summed E-state index contributed by atoms with van der Waals surface area (Å²) in [6.07, 6.45) is 2.75. The Hall–Kier alpha value is -3.68. The number of hydrogen-bond donors (Lipinski definition) is 1. The van der Waals surface area contributed by atoms with Crippen LogP contribution in [0.25, 0.3) is 6.08 Å². The highest BCUT2D eigenvalue weighted by atomic mass is 16.6. The fraction of sp³-hybridized carbons (Fsp3) is 0.158. The summed E-state index contributed by atoms with van der Waals surface area (Å²) >= 11 is 0. The summed E-state index contributed by atoms with van der Waals surface area (Å²) in [5.74, 6) is -0.579. The summed E-state index contributed by atoms with van der Waals surface area (Å²) in [7, 11) is 1.56. The maximum Gasteiger partial charge on any atom is 0.331 e. The lowest BCUT2D eigenvalue weighted by Gasteiger charge is -2.08. The third-order valence-corrected chi connectivity index (χ3v) is 3.58. The number of esters is 1. The highest BCUT2D eigenvalue weighted by molar-refractivity contribution is 5.95. The highest BCUT2D eigenvalue weighted by Crippen LogP contribution is 2.21. The zero-order chi connectivity index (χ0) is 19.8. The van der Waals surface area contributed by atoms with Crippen molar-refractivity contribution in [2.24, 2.45) is 0 Å². The van der Waals surface area contributed by atoms with Gasteiger partial charge in [0.1, 0.15) is 5.75 Å². The minimum atomic E-state index is -0.684. The largest absolute Gasteiger partial charge is 0.497 e. The number of hydrogen-bond acceptors (Lipinski definition) is 6. The van der Waals surface area contributed by atoms with Gasteiger partial charge in [-0.3, -0.25) is 14.9 Å². The molecule has 27 heavy (non-hydrogen) atoms. The molecule has 0 saturated heterocycles. The number of anilines is 1. The predicted molar refractivity (Wildman–Crippen MR) is 99.5 cm³/mol. The van der Waals surface area contributed by atoms with E-state index in [1.165, 1.54) is 24.3 Å². The van der Waals surface area contributed by atoms with Crippen LogP contribution in [0.2, 0.25) is 0 Å². The van der Waals surface area contributed by atoms with Gasteiger partial charge in [-0.05, 0) is 36.3 Å². The Balaban J connectivity index is 1.87. The molecule has 8 heteroatoms. The maximum absolute atomic E-state index is 11.9. The molecule has 0 spiro atoms. The number of nitrogens with zero attached hydrogens (tertiary/aromatic N) is 1. The molecule has 2 aromatic rings. The molecule has 2 rings (SSSR count). The molecule has 0 radical (unpaired) electrons. The summed E-state index contributed by atoms with van der Waals surface area (Å²) in [5.41, 5.74) is 1.57. The average Bonchev–Trinajstić information content (AvgIpc) is 2.66. The molecule has 0 aromatic heterocycles. The molecule has 140 valence electrons. The number of aryl methyl sites for hydroxylation is 1. The lowest BCUT2D eigenvalue weighted by Crippen LogP contribution is -2.20. The van der Waals surface area contributed by atoms with E-state index in [0.29, 0.717) is 17.0 Å². The fourth-order valence-electron chi connectivity index (χ4n) is 2.11. The first-order valence-electron chi connectivity index (χ1n) is 7.93. The van der Waals surface area contributed by atoms with Gasteiger partial charge in [-0.15, -0.1) is 0 Å². The van der Waals surface area contributed by atoms with Crippen LogP contribution in [0.5, 0.6) is 5.75 Å². The van der Waals surface area contributed by atoms with Crippen LogP contribution in [-0.4, -0.2) is 30.5 Å². The van der Waals surface area contributed by atoms with E-state index in [1.807, 2.05) is 0 Å². The van der Waals surface area contributed by atoms with E-state index in [1.54, 1.807) is 44.4 Å². The molecule has 1 amide bonds. The van der Waals surface area contributed by atoms with Crippen LogP contribution in [0, 0.1) is 17.0 Å². The number of benzene rings is 2. The van der Waals surface area contributed by atoms with Gasteiger partial charge in [-0.25, -0.2) is 4.79 Å². The van der Waals surface area contributed by atoms with Crippen molar-refractivity contribution in [3.05, 3.63) is 69.8 Å². The normalized spacial score (nSPS) is 10.4.